The van der Waals surface area contributed by atoms with E-state index in [1.165, 1.54) is 103 Å². The molecule has 9 rings (SSSR count). The maximum atomic E-state index is 2.64. The van der Waals surface area contributed by atoms with Crippen LogP contribution in [-0.4, -0.2) is 6.04 Å². The molecule has 278 valence electrons. The monoisotopic (exact) mass is 735 g/mol. The van der Waals surface area contributed by atoms with Gasteiger partial charge in [-0.05, 0) is 125 Å². The van der Waals surface area contributed by atoms with Gasteiger partial charge in [-0.2, -0.15) is 0 Å². The number of allylic oxidation sites excluding steroid dienone is 2. The van der Waals surface area contributed by atoms with Crippen LogP contribution in [0, 0.1) is 13.8 Å². The molecule has 2 atom stereocenters. The first-order chi connectivity index (χ1) is 28.1. The molecule has 0 bridgehead atoms. The Morgan fingerprint density at radius 2 is 1.12 bits per heavy atom. The van der Waals surface area contributed by atoms with Gasteiger partial charge in [-0.25, -0.2) is 0 Å². The molecule has 7 aromatic rings. The quantitative estimate of drug-likeness (QED) is 0.0999. The summed E-state index contributed by atoms with van der Waals surface area (Å²) in [6.45, 7) is 4.31. The van der Waals surface area contributed by atoms with E-state index in [0.29, 0.717) is 12.0 Å². The van der Waals surface area contributed by atoms with Crippen LogP contribution in [0.15, 0.2) is 194 Å². The molecular weight excluding hydrogens is 687 g/mol. The van der Waals surface area contributed by atoms with Gasteiger partial charge in [0.25, 0.3) is 0 Å². The standard InChI is InChI=1S/C56H49N/c1-40-21-29-45(30-22-40)52(46-31-23-41(2)24-32-46)38-44-28-36-55-53(39-44)51-19-12-20-54(51)57(55)50-34-26-42(27-35-50)25-33-49(37-43-13-6-3-7-14-43)56(47-15-8-4-9-16-47)48-17-10-5-11-18-48/h3-11,13-18,21-36,38-39,51,54H,12,19-20,37H2,1-2H3. The number of anilines is 2. The van der Waals surface area contributed by atoms with Gasteiger partial charge in [0.2, 0.25) is 0 Å². The van der Waals surface area contributed by atoms with Crippen LogP contribution in [0.4, 0.5) is 11.4 Å². The molecule has 1 aliphatic carbocycles. The predicted molar refractivity (Wildman–Crippen MR) is 243 cm³/mol. The number of benzene rings is 7. The minimum atomic E-state index is 0.494. The summed E-state index contributed by atoms with van der Waals surface area (Å²) in [4.78, 5) is 2.64. The Labute approximate surface area is 339 Å². The summed E-state index contributed by atoms with van der Waals surface area (Å²) >= 11 is 0. The van der Waals surface area contributed by atoms with Crippen molar-refractivity contribution in [1.29, 1.82) is 0 Å². The van der Waals surface area contributed by atoms with Crippen LogP contribution in [0.1, 0.15) is 80.8 Å². The molecule has 7 aromatic carbocycles. The summed E-state index contributed by atoms with van der Waals surface area (Å²) in [7, 11) is 0. The van der Waals surface area contributed by atoms with E-state index in [2.05, 4.69) is 219 Å². The van der Waals surface area contributed by atoms with Gasteiger partial charge in [0, 0.05) is 23.3 Å². The average molecular weight is 736 g/mol. The van der Waals surface area contributed by atoms with Crippen LogP contribution in [0.2, 0.25) is 0 Å². The van der Waals surface area contributed by atoms with Crippen molar-refractivity contribution in [3.63, 3.8) is 0 Å². The zero-order valence-electron chi connectivity index (χ0n) is 33.0. The number of aryl methyl sites for hydroxylation is 2. The molecule has 1 nitrogen and oxygen atoms in total. The fraction of sp³-hybridized carbons (Fsp3) is 0.143. The molecule has 1 saturated carbocycles. The average Bonchev–Trinajstić information content (AvgIpc) is 3.85. The number of hydrogen-bond donors (Lipinski definition) is 0. The summed E-state index contributed by atoms with van der Waals surface area (Å²) in [6, 6.07) is 67.3. The van der Waals surface area contributed by atoms with Crippen LogP contribution in [0.5, 0.6) is 0 Å². The highest BCUT2D eigenvalue weighted by molar-refractivity contribution is 5.92. The van der Waals surface area contributed by atoms with Crippen molar-refractivity contribution in [3.05, 3.63) is 249 Å². The highest BCUT2D eigenvalue weighted by Gasteiger charge is 2.42. The Balaban J connectivity index is 1.04. The number of fused-ring (bicyclic) bond motifs is 3. The van der Waals surface area contributed by atoms with Crippen LogP contribution in [0.25, 0.3) is 23.3 Å². The van der Waals surface area contributed by atoms with E-state index in [1.807, 2.05) is 0 Å². The summed E-state index contributed by atoms with van der Waals surface area (Å²) in [5.74, 6) is 0.551. The van der Waals surface area contributed by atoms with E-state index >= 15 is 0 Å². The lowest BCUT2D eigenvalue weighted by atomic mass is 9.89. The lowest BCUT2D eigenvalue weighted by Gasteiger charge is -2.27. The maximum Gasteiger partial charge on any atom is 0.0450 e. The van der Waals surface area contributed by atoms with Crippen molar-refractivity contribution in [2.75, 3.05) is 4.90 Å². The van der Waals surface area contributed by atoms with Gasteiger partial charge in [0.15, 0.2) is 0 Å². The minimum Gasteiger partial charge on any atom is -0.338 e. The molecule has 1 heteroatoms. The molecular formula is C56H49N. The predicted octanol–water partition coefficient (Wildman–Crippen LogP) is 14.4. The van der Waals surface area contributed by atoms with E-state index in [1.54, 1.807) is 0 Å². The first kappa shape index (κ1) is 36.2. The zero-order valence-corrected chi connectivity index (χ0v) is 33.0. The normalized spacial score (nSPS) is 15.6. The van der Waals surface area contributed by atoms with Crippen LogP contribution in [-0.2, 0) is 6.42 Å². The first-order valence-electron chi connectivity index (χ1n) is 20.5. The van der Waals surface area contributed by atoms with Gasteiger partial charge < -0.3 is 4.90 Å². The van der Waals surface area contributed by atoms with Gasteiger partial charge in [-0.15, -0.1) is 0 Å². The largest absolute Gasteiger partial charge is 0.338 e. The third kappa shape index (κ3) is 7.84. The lowest BCUT2D eigenvalue weighted by molar-refractivity contribution is 0.642. The Kier molecular flexibility index (Phi) is 10.4. The highest BCUT2D eigenvalue weighted by atomic mass is 15.2. The molecule has 1 aliphatic heterocycles. The molecule has 1 fully saturated rings. The molecule has 57 heavy (non-hydrogen) atoms. The Morgan fingerprint density at radius 3 is 1.72 bits per heavy atom. The third-order valence-corrected chi connectivity index (χ3v) is 11.9. The van der Waals surface area contributed by atoms with Crippen LogP contribution in [0.3, 0.4) is 0 Å². The smallest absolute Gasteiger partial charge is 0.0450 e. The second-order valence-electron chi connectivity index (χ2n) is 15.8. The van der Waals surface area contributed by atoms with Gasteiger partial charge in [0.05, 0.1) is 0 Å². The van der Waals surface area contributed by atoms with Crippen LogP contribution < -0.4 is 4.90 Å². The van der Waals surface area contributed by atoms with E-state index in [9.17, 15) is 0 Å². The first-order valence-corrected chi connectivity index (χ1v) is 20.5. The molecule has 0 aromatic heterocycles. The van der Waals surface area contributed by atoms with Crippen molar-refractivity contribution >= 4 is 34.7 Å². The summed E-state index contributed by atoms with van der Waals surface area (Å²) in [5.41, 5.74) is 19.2. The van der Waals surface area contributed by atoms with Gasteiger partial charge in [-0.3, -0.25) is 0 Å². The van der Waals surface area contributed by atoms with Crippen molar-refractivity contribution in [2.45, 2.75) is 51.5 Å². The molecule has 0 spiro atoms. The highest BCUT2D eigenvalue weighted by Crippen LogP contribution is 2.52. The van der Waals surface area contributed by atoms with Gasteiger partial charge in [0.1, 0.15) is 0 Å². The lowest BCUT2D eigenvalue weighted by Crippen LogP contribution is -2.26. The van der Waals surface area contributed by atoms with E-state index in [-0.39, 0.29) is 0 Å². The van der Waals surface area contributed by atoms with E-state index < -0.39 is 0 Å². The summed E-state index contributed by atoms with van der Waals surface area (Å²) < 4.78 is 0. The fourth-order valence-electron chi connectivity index (χ4n) is 9.00. The van der Waals surface area contributed by atoms with Crippen molar-refractivity contribution in [1.82, 2.24) is 0 Å². The molecule has 0 radical (unpaired) electrons. The Morgan fingerprint density at radius 1 is 0.561 bits per heavy atom. The van der Waals surface area contributed by atoms with Crippen molar-refractivity contribution in [2.24, 2.45) is 0 Å². The van der Waals surface area contributed by atoms with E-state index in [0.717, 1.165) is 6.42 Å². The minimum absolute atomic E-state index is 0.494. The van der Waals surface area contributed by atoms with Crippen molar-refractivity contribution in [3.8, 4) is 0 Å². The fourth-order valence-corrected chi connectivity index (χ4v) is 9.00. The zero-order chi connectivity index (χ0) is 38.6. The molecule has 2 aliphatic rings. The van der Waals surface area contributed by atoms with Gasteiger partial charge >= 0.3 is 0 Å². The molecule has 0 amide bonds. The summed E-state index contributed by atoms with van der Waals surface area (Å²) in [6.07, 6.45) is 11.6. The third-order valence-electron chi connectivity index (χ3n) is 11.9. The number of hydrogen-bond acceptors (Lipinski definition) is 1. The number of nitrogens with zero attached hydrogens (tertiary/aromatic N) is 1. The van der Waals surface area contributed by atoms with E-state index in [4.69, 9.17) is 0 Å². The topological polar surface area (TPSA) is 3.24 Å². The SMILES string of the molecule is Cc1ccc(C(=Cc2ccc3c(c2)C2CCCC2N3c2ccc(C=CC(Cc3ccccc3)=C(c3ccccc3)c3ccccc3)cc2)c2ccc(C)cc2)cc1. The second-order valence-corrected chi connectivity index (χ2v) is 15.8. The molecule has 1 heterocycles. The van der Waals surface area contributed by atoms with Crippen LogP contribution >= 0.6 is 0 Å². The summed E-state index contributed by atoms with van der Waals surface area (Å²) in [5, 5.41) is 0. The molecule has 0 N–H and O–H groups in total. The molecule has 2 unspecified atom stereocenters. The molecule has 0 saturated heterocycles. The Hall–Kier alpha value is -6.44. The van der Waals surface area contributed by atoms with Crippen molar-refractivity contribution < 1.29 is 0 Å². The Bertz CT molecular complexity index is 2450. The number of rotatable bonds is 10. The second kappa shape index (κ2) is 16.3. The maximum absolute atomic E-state index is 2.64. The van der Waals surface area contributed by atoms with Gasteiger partial charge in [-0.1, -0.05) is 187 Å².